The van der Waals surface area contributed by atoms with Crippen molar-refractivity contribution in [1.29, 1.82) is 0 Å². The number of pyridine rings is 1. The Bertz CT molecular complexity index is 1210. The summed E-state index contributed by atoms with van der Waals surface area (Å²) in [5, 5.41) is 4.94. The molecule has 3 heterocycles. The van der Waals surface area contributed by atoms with Gasteiger partial charge in [-0.3, -0.25) is 9.55 Å². The van der Waals surface area contributed by atoms with Gasteiger partial charge in [-0.1, -0.05) is 11.6 Å². The molecule has 1 fully saturated rings. The first-order valence-electron chi connectivity index (χ1n) is 8.51. The number of halogens is 1. The van der Waals surface area contributed by atoms with E-state index in [0.29, 0.717) is 22.6 Å². The molecule has 26 heavy (non-hydrogen) atoms. The van der Waals surface area contributed by atoms with Gasteiger partial charge in [-0.25, -0.2) is 4.79 Å². The van der Waals surface area contributed by atoms with E-state index >= 15 is 0 Å². The molecule has 3 aromatic heterocycles. The lowest BCUT2D eigenvalue weighted by atomic mass is 10.2. The van der Waals surface area contributed by atoms with Crippen molar-refractivity contribution in [3.8, 4) is 5.69 Å². The molecule has 0 radical (unpaired) electrons. The summed E-state index contributed by atoms with van der Waals surface area (Å²) in [5.41, 5.74) is 3.02. The lowest BCUT2D eigenvalue weighted by molar-refractivity contribution is 0.928. The smallest absolute Gasteiger partial charge is 0.354 e. The highest BCUT2D eigenvalue weighted by Gasteiger charge is 2.26. The SMILES string of the molecule is Cn1c2ccc(Cl)cc2c2c1c(NC1CC1)nc(=O)n2-c1cccnc1. The number of benzene rings is 1. The van der Waals surface area contributed by atoms with Crippen LogP contribution in [0.1, 0.15) is 12.8 Å². The average molecular weight is 366 g/mol. The minimum absolute atomic E-state index is 0.332. The second kappa shape index (κ2) is 5.57. The first kappa shape index (κ1) is 15.4. The monoisotopic (exact) mass is 365 g/mol. The Hall–Kier alpha value is -2.86. The Kier molecular flexibility index (Phi) is 3.30. The van der Waals surface area contributed by atoms with Gasteiger partial charge in [-0.2, -0.15) is 4.98 Å². The van der Waals surface area contributed by atoms with Gasteiger partial charge in [-0.15, -0.1) is 0 Å². The van der Waals surface area contributed by atoms with Gasteiger partial charge in [0.05, 0.1) is 22.9 Å². The highest BCUT2D eigenvalue weighted by Crippen LogP contribution is 2.35. The van der Waals surface area contributed by atoms with E-state index in [1.54, 1.807) is 17.0 Å². The van der Waals surface area contributed by atoms with Crippen molar-refractivity contribution >= 4 is 39.4 Å². The van der Waals surface area contributed by atoms with Crippen molar-refractivity contribution in [2.24, 2.45) is 7.05 Å². The first-order chi connectivity index (χ1) is 12.6. The largest absolute Gasteiger partial charge is 0.365 e. The van der Waals surface area contributed by atoms with Crippen LogP contribution in [-0.2, 0) is 7.05 Å². The number of nitrogens with zero attached hydrogens (tertiary/aromatic N) is 4. The quantitative estimate of drug-likeness (QED) is 0.603. The van der Waals surface area contributed by atoms with Crippen LogP contribution in [0.4, 0.5) is 5.82 Å². The molecule has 0 saturated heterocycles. The number of aryl methyl sites for hydroxylation is 1. The molecule has 4 aromatic rings. The van der Waals surface area contributed by atoms with E-state index in [9.17, 15) is 4.79 Å². The lowest BCUT2D eigenvalue weighted by Crippen LogP contribution is -2.24. The molecule has 0 atom stereocenters. The van der Waals surface area contributed by atoms with Crippen molar-refractivity contribution in [2.45, 2.75) is 18.9 Å². The van der Waals surface area contributed by atoms with Crippen LogP contribution in [0.3, 0.4) is 0 Å². The van der Waals surface area contributed by atoms with E-state index in [1.165, 1.54) is 0 Å². The highest BCUT2D eigenvalue weighted by atomic mass is 35.5. The van der Waals surface area contributed by atoms with Crippen molar-refractivity contribution in [2.75, 3.05) is 5.32 Å². The van der Waals surface area contributed by atoms with Gasteiger partial charge in [0.1, 0.15) is 5.52 Å². The summed E-state index contributed by atoms with van der Waals surface area (Å²) in [6.45, 7) is 0. The minimum atomic E-state index is -0.332. The third-order valence-corrected chi connectivity index (χ3v) is 5.04. The molecule has 1 aliphatic carbocycles. The Balaban J connectivity index is 1.97. The van der Waals surface area contributed by atoms with Crippen molar-refractivity contribution in [3.63, 3.8) is 0 Å². The summed E-state index contributed by atoms with van der Waals surface area (Å²) >= 11 is 6.26. The van der Waals surface area contributed by atoms with Crippen LogP contribution in [0.5, 0.6) is 0 Å². The molecule has 0 bridgehead atoms. The Morgan fingerprint density at radius 1 is 1.23 bits per heavy atom. The van der Waals surface area contributed by atoms with Crippen LogP contribution in [0.15, 0.2) is 47.5 Å². The maximum Gasteiger partial charge on any atom is 0.354 e. The third kappa shape index (κ3) is 2.29. The minimum Gasteiger partial charge on any atom is -0.365 e. The molecule has 5 rings (SSSR count). The topological polar surface area (TPSA) is 64.7 Å². The second-order valence-electron chi connectivity index (χ2n) is 6.63. The van der Waals surface area contributed by atoms with E-state index < -0.39 is 0 Å². The maximum absolute atomic E-state index is 12.9. The van der Waals surface area contributed by atoms with E-state index in [2.05, 4.69) is 19.9 Å². The van der Waals surface area contributed by atoms with Gasteiger partial charge < -0.3 is 9.88 Å². The fourth-order valence-electron chi connectivity index (χ4n) is 3.44. The molecular formula is C19H16ClN5O. The van der Waals surface area contributed by atoms with Crippen LogP contribution < -0.4 is 11.0 Å². The summed E-state index contributed by atoms with van der Waals surface area (Å²) in [6.07, 6.45) is 5.55. The molecule has 7 heteroatoms. The number of hydrogen-bond donors (Lipinski definition) is 1. The Morgan fingerprint density at radius 2 is 2.08 bits per heavy atom. The lowest BCUT2D eigenvalue weighted by Gasteiger charge is -2.12. The molecular weight excluding hydrogens is 350 g/mol. The number of hydrogen-bond acceptors (Lipinski definition) is 4. The number of rotatable bonds is 3. The molecule has 1 saturated carbocycles. The molecule has 6 nitrogen and oxygen atoms in total. The van der Waals surface area contributed by atoms with Gasteiger partial charge in [-0.05, 0) is 43.2 Å². The fraction of sp³-hybridized carbons (Fsp3) is 0.211. The van der Waals surface area contributed by atoms with Crippen LogP contribution in [0.2, 0.25) is 5.02 Å². The number of anilines is 1. The predicted octanol–water partition coefficient (Wildman–Crippen LogP) is 3.50. The number of aromatic nitrogens is 4. The zero-order valence-electron chi connectivity index (χ0n) is 14.1. The Morgan fingerprint density at radius 3 is 2.81 bits per heavy atom. The normalized spacial score (nSPS) is 14.2. The first-order valence-corrected chi connectivity index (χ1v) is 8.89. The van der Waals surface area contributed by atoms with E-state index in [-0.39, 0.29) is 5.69 Å². The molecule has 0 unspecified atom stereocenters. The van der Waals surface area contributed by atoms with Gasteiger partial charge in [0.25, 0.3) is 0 Å². The van der Waals surface area contributed by atoms with Crippen LogP contribution >= 0.6 is 11.6 Å². The standard InChI is InChI=1S/C19H16ClN5O/c1-24-15-7-4-11(20)9-14(15)16-17(24)18(22-12-5-6-12)23-19(26)25(16)13-3-2-8-21-10-13/h2-4,7-10,12H,5-6H2,1H3,(H,22,23,26). The van der Waals surface area contributed by atoms with E-state index in [0.717, 1.165) is 34.8 Å². The highest BCUT2D eigenvalue weighted by molar-refractivity contribution is 6.31. The summed E-state index contributed by atoms with van der Waals surface area (Å²) in [5.74, 6) is 0.627. The van der Waals surface area contributed by atoms with Crippen molar-refractivity contribution in [1.82, 2.24) is 19.1 Å². The second-order valence-corrected chi connectivity index (χ2v) is 7.06. The van der Waals surface area contributed by atoms with E-state index in [1.807, 2.05) is 37.4 Å². The van der Waals surface area contributed by atoms with Gasteiger partial charge in [0.2, 0.25) is 0 Å². The predicted molar refractivity (Wildman–Crippen MR) is 103 cm³/mol. The molecule has 0 amide bonds. The molecule has 0 aliphatic heterocycles. The summed E-state index contributed by atoms with van der Waals surface area (Å²) in [6, 6.07) is 9.77. The van der Waals surface area contributed by atoms with Crippen LogP contribution in [0.25, 0.3) is 27.6 Å². The van der Waals surface area contributed by atoms with Crippen LogP contribution in [0, 0.1) is 0 Å². The molecule has 1 aliphatic rings. The summed E-state index contributed by atoms with van der Waals surface area (Å²) in [7, 11) is 1.98. The van der Waals surface area contributed by atoms with Crippen LogP contribution in [-0.4, -0.2) is 25.1 Å². The summed E-state index contributed by atoms with van der Waals surface area (Å²) in [4.78, 5) is 21.4. The number of nitrogens with one attached hydrogen (secondary N) is 1. The molecule has 130 valence electrons. The van der Waals surface area contributed by atoms with Gasteiger partial charge in [0.15, 0.2) is 5.82 Å². The maximum atomic E-state index is 12.9. The van der Waals surface area contributed by atoms with E-state index in [4.69, 9.17) is 11.6 Å². The molecule has 1 aromatic carbocycles. The zero-order chi connectivity index (χ0) is 17.8. The zero-order valence-corrected chi connectivity index (χ0v) is 14.9. The van der Waals surface area contributed by atoms with Crippen molar-refractivity contribution < 1.29 is 0 Å². The molecule has 1 N–H and O–H groups in total. The average Bonchev–Trinajstić information content (AvgIpc) is 3.40. The third-order valence-electron chi connectivity index (χ3n) is 4.80. The van der Waals surface area contributed by atoms with Gasteiger partial charge in [0, 0.05) is 29.7 Å². The fourth-order valence-corrected chi connectivity index (χ4v) is 3.61. The Labute approximate surface area is 154 Å². The van der Waals surface area contributed by atoms with Crippen molar-refractivity contribution in [3.05, 3.63) is 58.2 Å². The summed E-state index contributed by atoms with van der Waals surface area (Å²) < 4.78 is 3.67. The van der Waals surface area contributed by atoms with Gasteiger partial charge >= 0.3 is 5.69 Å². The number of fused-ring (bicyclic) bond motifs is 3. The molecule has 0 spiro atoms.